The molecule has 0 bridgehead atoms. The molecule has 1 fully saturated rings. The Kier molecular flexibility index (Phi) is 5.25. The smallest absolute Gasteiger partial charge is 0.251 e. The first-order chi connectivity index (χ1) is 9.06. The van der Waals surface area contributed by atoms with E-state index in [-0.39, 0.29) is 5.91 Å². The van der Waals surface area contributed by atoms with E-state index in [0.717, 1.165) is 24.1 Å². The Morgan fingerprint density at radius 1 is 1.58 bits per heavy atom. The molecule has 1 amide bonds. The van der Waals surface area contributed by atoms with Crippen LogP contribution in [0.3, 0.4) is 0 Å². The minimum Gasteiger partial charge on any atom is -0.352 e. The second-order valence-electron chi connectivity index (χ2n) is 5.11. The lowest BCUT2D eigenvalue weighted by atomic mass is 9.98. The van der Waals surface area contributed by atoms with Gasteiger partial charge < -0.3 is 10.2 Å². The van der Waals surface area contributed by atoms with Gasteiger partial charge in [0.25, 0.3) is 5.91 Å². The van der Waals surface area contributed by atoms with Crippen molar-refractivity contribution in [2.24, 2.45) is 5.92 Å². The molecule has 1 aliphatic rings. The Hall–Kier alpha value is -0.580. The maximum Gasteiger partial charge on any atom is 0.251 e. The van der Waals surface area contributed by atoms with E-state index in [0.29, 0.717) is 16.5 Å². The molecule has 0 spiro atoms. The lowest BCUT2D eigenvalue weighted by Gasteiger charge is -2.29. The lowest BCUT2D eigenvalue weighted by molar-refractivity contribution is 0.0937. The summed E-state index contributed by atoms with van der Waals surface area (Å²) in [4.78, 5) is 14.3. The number of amides is 1. The van der Waals surface area contributed by atoms with Crippen LogP contribution in [0.25, 0.3) is 0 Å². The molecular formula is C14H18BrClN2O. The molecule has 0 saturated carbocycles. The number of nitrogens with one attached hydrogen (secondary N) is 1. The van der Waals surface area contributed by atoms with E-state index in [1.165, 1.54) is 12.8 Å². The fraction of sp³-hybridized carbons (Fsp3) is 0.500. The standard InChI is InChI=1S/C14H18BrClN2O/c1-18-6-2-3-10(9-18)8-17-14(19)11-4-5-12(15)13(16)7-11/h4-5,7,10H,2-3,6,8-9H2,1H3,(H,17,19). The van der Waals surface area contributed by atoms with E-state index in [2.05, 4.69) is 33.2 Å². The summed E-state index contributed by atoms with van der Waals surface area (Å²) < 4.78 is 0.805. The van der Waals surface area contributed by atoms with Crippen LogP contribution in [0.1, 0.15) is 23.2 Å². The minimum absolute atomic E-state index is 0.0531. The molecule has 1 atom stereocenters. The second-order valence-corrected chi connectivity index (χ2v) is 6.37. The number of likely N-dealkylation sites (tertiary alicyclic amines) is 1. The highest BCUT2D eigenvalue weighted by Crippen LogP contribution is 2.23. The normalized spacial score (nSPS) is 20.3. The molecular weight excluding hydrogens is 328 g/mol. The zero-order valence-electron chi connectivity index (χ0n) is 11.0. The first kappa shape index (κ1) is 14.8. The van der Waals surface area contributed by atoms with E-state index in [9.17, 15) is 4.79 Å². The SMILES string of the molecule is CN1CCCC(CNC(=O)c2ccc(Br)c(Cl)c2)C1. The Morgan fingerprint density at radius 3 is 3.05 bits per heavy atom. The number of hydrogen-bond donors (Lipinski definition) is 1. The van der Waals surface area contributed by atoms with Crippen LogP contribution in [0.2, 0.25) is 5.02 Å². The van der Waals surface area contributed by atoms with E-state index in [4.69, 9.17) is 11.6 Å². The molecule has 3 nitrogen and oxygen atoms in total. The number of halogens is 2. The number of benzene rings is 1. The van der Waals surface area contributed by atoms with Crippen molar-refractivity contribution in [1.82, 2.24) is 10.2 Å². The largest absolute Gasteiger partial charge is 0.352 e. The maximum atomic E-state index is 12.0. The van der Waals surface area contributed by atoms with Gasteiger partial charge in [0.15, 0.2) is 0 Å². The summed E-state index contributed by atoms with van der Waals surface area (Å²) in [6.07, 6.45) is 2.40. The van der Waals surface area contributed by atoms with Gasteiger partial charge in [0.1, 0.15) is 0 Å². The number of hydrogen-bond acceptors (Lipinski definition) is 2. The number of piperidine rings is 1. The number of carbonyl (C=O) groups is 1. The van der Waals surface area contributed by atoms with Crippen molar-refractivity contribution in [2.75, 3.05) is 26.7 Å². The summed E-state index contributed by atoms with van der Waals surface area (Å²) in [5.74, 6) is 0.497. The van der Waals surface area contributed by atoms with Gasteiger partial charge in [-0.1, -0.05) is 11.6 Å². The fourth-order valence-corrected chi connectivity index (χ4v) is 2.84. The zero-order valence-corrected chi connectivity index (χ0v) is 13.3. The Morgan fingerprint density at radius 2 is 2.37 bits per heavy atom. The van der Waals surface area contributed by atoms with Crippen LogP contribution < -0.4 is 5.32 Å². The highest BCUT2D eigenvalue weighted by atomic mass is 79.9. The van der Waals surface area contributed by atoms with E-state index >= 15 is 0 Å². The molecule has 0 aliphatic carbocycles. The predicted molar refractivity (Wildman–Crippen MR) is 81.7 cm³/mol. The van der Waals surface area contributed by atoms with Crippen molar-refractivity contribution in [1.29, 1.82) is 0 Å². The Labute approximate surface area is 127 Å². The van der Waals surface area contributed by atoms with Crippen molar-refractivity contribution >= 4 is 33.4 Å². The van der Waals surface area contributed by atoms with Gasteiger partial charge in [-0.05, 0) is 66.5 Å². The number of nitrogens with zero attached hydrogens (tertiary/aromatic N) is 1. The molecule has 104 valence electrons. The molecule has 1 aromatic rings. The highest BCUT2D eigenvalue weighted by Gasteiger charge is 2.18. The average Bonchev–Trinajstić information content (AvgIpc) is 2.39. The molecule has 1 saturated heterocycles. The first-order valence-corrected chi connectivity index (χ1v) is 7.65. The van der Waals surface area contributed by atoms with Gasteiger partial charge >= 0.3 is 0 Å². The highest BCUT2D eigenvalue weighted by molar-refractivity contribution is 9.10. The molecule has 19 heavy (non-hydrogen) atoms. The fourth-order valence-electron chi connectivity index (χ4n) is 2.42. The lowest BCUT2D eigenvalue weighted by Crippen LogP contribution is -2.39. The summed E-state index contributed by atoms with van der Waals surface area (Å²) in [7, 11) is 2.13. The first-order valence-electron chi connectivity index (χ1n) is 6.48. The van der Waals surface area contributed by atoms with E-state index in [1.807, 2.05) is 0 Å². The molecule has 0 aromatic heterocycles. The molecule has 1 unspecified atom stereocenters. The molecule has 0 radical (unpaired) electrons. The van der Waals surface area contributed by atoms with Crippen LogP contribution in [-0.2, 0) is 0 Å². The van der Waals surface area contributed by atoms with Crippen LogP contribution in [-0.4, -0.2) is 37.5 Å². The third-order valence-electron chi connectivity index (χ3n) is 3.46. The van der Waals surface area contributed by atoms with Gasteiger partial charge in [-0.15, -0.1) is 0 Å². The predicted octanol–water partition coefficient (Wildman–Crippen LogP) is 3.17. The summed E-state index contributed by atoms with van der Waals surface area (Å²) in [5.41, 5.74) is 0.609. The molecule has 1 aliphatic heterocycles. The minimum atomic E-state index is -0.0531. The van der Waals surface area contributed by atoms with Gasteiger partial charge in [-0.25, -0.2) is 0 Å². The monoisotopic (exact) mass is 344 g/mol. The molecule has 1 aromatic carbocycles. The number of carbonyl (C=O) groups excluding carboxylic acids is 1. The molecule has 5 heteroatoms. The molecule has 1 heterocycles. The van der Waals surface area contributed by atoms with Crippen LogP contribution >= 0.6 is 27.5 Å². The third kappa shape index (κ3) is 4.20. The Balaban J connectivity index is 1.88. The molecule has 2 rings (SSSR count). The van der Waals surface area contributed by atoms with Crippen molar-refractivity contribution in [3.63, 3.8) is 0 Å². The van der Waals surface area contributed by atoms with Gasteiger partial charge in [-0.3, -0.25) is 4.79 Å². The van der Waals surface area contributed by atoms with Crippen LogP contribution in [0, 0.1) is 5.92 Å². The maximum absolute atomic E-state index is 12.0. The van der Waals surface area contributed by atoms with Crippen molar-refractivity contribution in [3.05, 3.63) is 33.3 Å². The van der Waals surface area contributed by atoms with Crippen molar-refractivity contribution in [2.45, 2.75) is 12.8 Å². The average molecular weight is 346 g/mol. The number of rotatable bonds is 3. The van der Waals surface area contributed by atoms with Gasteiger partial charge in [-0.2, -0.15) is 0 Å². The van der Waals surface area contributed by atoms with Crippen molar-refractivity contribution in [3.8, 4) is 0 Å². The third-order valence-corrected chi connectivity index (χ3v) is 4.69. The van der Waals surface area contributed by atoms with Crippen molar-refractivity contribution < 1.29 is 4.79 Å². The topological polar surface area (TPSA) is 32.3 Å². The second kappa shape index (κ2) is 6.73. The zero-order chi connectivity index (χ0) is 13.8. The van der Waals surface area contributed by atoms with Gasteiger partial charge in [0.05, 0.1) is 5.02 Å². The van der Waals surface area contributed by atoms with Crippen LogP contribution in [0.15, 0.2) is 22.7 Å². The van der Waals surface area contributed by atoms with E-state index < -0.39 is 0 Å². The summed E-state index contributed by atoms with van der Waals surface area (Å²) in [6.45, 7) is 2.95. The van der Waals surface area contributed by atoms with E-state index in [1.54, 1.807) is 18.2 Å². The van der Waals surface area contributed by atoms with Gasteiger partial charge in [0.2, 0.25) is 0 Å². The van der Waals surface area contributed by atoms with Gasteiger partial charge in [0, 0.05) is 23.1 Å². The summed E-state index contributed by atoms with van der Waals surface area (Å²) >= 11 is 9.31. The summed E-state index contributed by atoms with van der Waals surface area (Å²) in [5, 5.41) is 3.56. The van der Waals surface area contributed by atoms with Crippen LogP contribution in [0.5, 0.6) is 0 Å². The van der Waals surface area contributed by atoms with Crippen LogP contribution in [0.4, 0.5) is 0 Å². The Bertz CT molecular complexity index is 467. The summed E-state index contributed by atoms with van der Waals surface area (Å²) in [6, 6.07) is 5.26. The molecule has 1 N–H and O–H groups in total. The quantitative estimate of drug-likeness (QED) is 0.912.